The number of unbranched alkanes of at least 4 members (excludes halogenated alkanes) is 23. The highest BCUT2D eigenvalue weighted by atomic mass is 31.2. The topological polar surface area (TPSA) is 125 Å². The van der Waals surface area contributed by atoms with Gasteiger partial charge in [0.15, 0.2) is 6.10 Å². The monoisotopic (exact) mass is 674 g/mol. The Morgan fingerprint density at radius 1 is 0.587 bits per heavy atom. The minimum absolute atomic E-state index is 0.227. The van der Waals surface area contributed by atoms with Crippen molar-refractivity contribution in [2.24, 2.45) is 5.50 Å². The lowest BCUT2D eigenvalue weighted by atomic mass is 10.0. The number of carbonyl (C=O) groups excluding carboxylic acids is 2. The maximum atomic E-state index is 12.4. The van der Waals surface area contributed by atoms with Crippen LogP contribution in [0.25, 0.3) is 0 Å². The van der Waals surface area contributed by atoms with Crippen molar-refractivity contribution in [1.29, 1.82) is 0 Å². The number of esters is 2. The second kappa shape index (κ2) is 33.7. The van der Waals surface area contributed by atoms with Crippen LogP contribution >= 0.6 is 7.75 Å². The van der Waals surface area contributed by atoms with Gasteiger partial charge in [-0.25, -0.2) is 10.1 Å². The standard InChI is InChI=1S/C37H72NO7P/c1-3-5-7-9-11-13-15-17-18-20-22-24-26-28-30-32-37(40)45-35(34-44-46(38,41)42)33-43-36(39)31-29-27-25-23-21-19-16-14-12-10-8-6-4-2/h17-18,35H,3-16,19-34H2,1-2H3,(H3,38,41,42)/b18-17-/t35-/m1/s1. The van der Waals surface area contributed by atoms with Gasteiger partial charge in [-0.2, -0.15) is 0 Å². The lowest BCUT2D eigenvalue weighted by molar-refractivity contribution is -0.161. The molecule has 0 saturated heterocycles. The summed E-state index contributed by atoms with van der Waals surface area (Å²) in [6.07, 6.45) is 35.4. The Kier molecular flexibility index (Phi) is 32.8. The fraction of sp³-hybridized carbons (Fsp3) is 0.892. The normalized spacial score (nSPS) is 13.6. The van der Waals surface area contributed by atoms with Crippen molar-refractivity contribution in [1.82, 2.24) is 0 Å². The van der Waals surface area contributed by atoms with Crippen LogP contribution in [0.2, 0.25) is 0 Å². The largest absolute Gasteiger partial charge is 0.462 e. The highest BCUT2D eigenvalue weighted by molar-refractivity contribution is 7.50. The van der Waals surface area contributed by atoms with Crippen LogP contribution in [0.4, 0.5) is 0 Å². The first-order valence-electron chi connectivity index (χ1n) is 19.0. The van der Waals surface area contributed by atoms with Crippen molar-refractivity contribution in [3.05, 3.63) is 12.2 Å². The van der Waals surface area contributed by atoms with Crippen LogP contribution in [0.1, 0.15) is 194 Å². The molecule has 0 aromatic rings. The number of rotatable bonds is 35. The molecule has 0 aliphatic heterocycles. The van der Waals surface area contributed by atoms with Gasteiger partial charge in [0.25, 0.3) is 0 Å². The molecule has 0 aromatic heterocycles. The van der Waals surface area contributed by atoms with Crippen molar-refractivity contribution >= 4 is 19.7 Å². The third-order valence-electron chi connectivity index (χ3n) is 8.30. The van der Waals surface area contributed by atoms with Crippen LogP contribution in [0.5, 0.6) is 0 Å². The van der Waals surface area contributed by atoms with Crippen molar-refractivity contribution in [2.45, 2.75) is 200 Å². The maximum Gasteiger partial charge on any atom is 0.400 e. The quantitative estimate of drug-likeness (QED) is 0.0295. The first-order chi connectivity index (χ1) is 22.3. The Morgan fingerprint density at radius 2 is 0.957 bits per heavy atom. The molecule has 0 heterocycles. The molecular weight excluding hydrogens is 601 g/mol. The van der Waals surface area contributed by atoms with Gasteiger partial charge in [-0.05, 0) is 38.5 Å². The van der Waals surface area contributed by atoms with Crippen LogP contribution in [-0.2, 0) is 28.2 Å². The fourth-order valence-corrected chi connectivity index (χ4v) is 5.82. The zero-order valence-corrected chi connectivity index (χ0v) is 30.8. The molecule has 0 saturated carbocycles. The summed E-state index contributed by atoms with van der Waals surface area (Å²) < 4.78 is 26.8. The Labute approximate surface area is 283 Å². The molecule has 0 amide bonds. The van der Waals surface area contributed by atoms with Crippen LogP contribution in [-0.4, -0.2) is 36.1 Å². The van der Waals surface area contributed by atoms with Crippen molar-refractivity contribution < 1.29 is 33.0 Å². The molecule has 1 unspecified atom stereocenters. The minimum Gasteiger partial charge on any atom is -0.462 e. The highest BCUT2D eigenvalue weighted by Gasteiger charge is 2.21. The van der Waals surface area contributed by atoms with E-state index >= 15 is 0 Å². The SMILES string of the molecule is CCCCCCCC/C=C\CCCCCCCC(=O)O[C@H](COC(=O)CCCCCCCCCCCCCCC)COP(N)(=O)O. The Morgan fingerprint density at radius 3 is 1.37 bits per heavy atom. The van der Waals surface area contributed by atoms with Gasteiger partial charge in [0.1, 0.15) is 6.61 Å². The van der Waals surface area contributed by atoms with Gasteiger partial charge < -0.3 is 14.4 Å². The molecule has 0 aromatic carbocycles. The minimum atomic E-state index is -4.24. The predicted octanol–water partition coefficient (Wildman–Crippen LogP) is 11.0. The third-order valence-corrected chi connectivity index (χ3v) is 8.82. The van der Waals surface area contributed by atoms with Gasteiger partial charge in [-0.1, -0.05) is 154 Å². The molecule has 3 N–H and O–H groups in total. The second-order valence-electron chi connectivity index (χ2n) is 13.0. The summed E-state index contributed by atoms with van der Waals surface area (Å²) in [6.45, 7) is 3.86. The molecule has 0 spiro atoms. The molecule has 0 aliphatic rings. The summed E-state index contributed by atoms with van der Waals surface area (Å²) in [5, 5.41) is 0. The molecule has 0 bridgehead atoms. The van der Waals surface area contributed by atoms with Crippen LogP contribution in [0.15, 0.2) is 12.2 Å². The summed E-state index contributed by atoms with van der Waals surface area (Å²) in [7, 11) is -4.24. The number of carbonyl (C=O) groups is 2. The molecule has 9 heteroatoms. The van der Waals surface area contributed by atoms with Gasteiger partial charge in [-0.3, -0.25) is 14.1 Å². The molecule has 2 atom stereocenters. The summed E-state index contributed by atoms with van der Waals surface area (Å²) >= 11 is 0. The molecular formula is C37H72NO7P. The number of hydrogen-bond acceptors (Lipinski definition) is 6. The van der Waals surface area contributed by atoms with Crippen molar-refractivity contribution in [2.75, 3.05) is 13.2 Å². The molecule has 0 rings (SSSR count). The number of ether oxygens (including phenoxy) is 2. The molecule has 0 fully saturated rings. The van der Waals surface area contributed by atoms with E-state index < -0.39 is 26.4 Å². The van der Waals surface area contributed by atoms with Crippen LogP contribution in [0.3, 0.4) is 0 Å². The third kappa shape index (κ3) is 35.6. The average molecular weight is 674 g/mol. The summed E-state index contributed by atoms with van der Waals surface area (Å²) in [6, 6.07) is 0. The Bertz CT molecular complexity index is 771. The predicted molar refractivity (Wildman–Crippen MR) is 191 cm³/mol. The van der Waals surface area contributed by atoms with Crippen LogP contribution in [0, 0.1) is 0 Å². The first kappa shape index (κ1) is 44.8. The molecule has 272 valence electrons. The van der Waals surface area contributed by atoms with Gasteiger partial charge in [0.2, 0.25) is 0 Å². The lowest BCUT2D eigenvalue weighted by Crippen LogP contribution is -2.29. The zero-order valence-electron chi connectivity index (χ0n) is 29.9. The first-order valence-corrected chi connectivity index (χ1v) is 20.7. The van der Waals surface area contributed by atoms with Gasteiger partial charge >= 0.3 is 19.7 Å². The number of nitrogens with two attached hydrogens (primary N) is 1. The number of allylic oxidation sites excluding steroid dienone is 2. The van der Waals surface area contributed by atoms with Crippen molar-refractivity contribution in [3.63, 3.8) is 0 Å². The number of hydrogen-bond donors (Lipinski definition) is 2. The summed E-state index contributed by atoms with van der Waals surface area (Å²) in [5.74, 6) is -0.815. The van der Waals surface area contributed by atoms with E-state index in [1.165, 1.54) is 109 Å². The molecule has 0 radical (unpaired) electrons. The molecule has 0 aliphatic carbocycles. The zero-order chi connectivity index (χ0) is 34.0. The van der Waals surface area contributed by atoms with E-state index in [4.69, 9.17) is 19.5 Å². The van der Waals surface area contributed by atoms with Gasteiger partial charge in [0.05, 0.1) is 6.61 Å². The van der Waals surface area contributed by atoms with E-state index in [9.17, 15) is 19.0 Å². The van der Waals surface area contributed by atoms with E-state index in [0.29, 0.717) is 12.8 Å². The van der Waals surface area contributed by atoms with E-state index in [1.807, 2.05) is 0 Å². The molecule has 8 nitrogen and oxygen atoms in total. The van der Waals surface area contributed by atoms with Crippen LogP contribution < -0.4 is 5.50 Å². The Balaban J connectivity index is 3.96. The average Bonchev–Trinajstić information content (AvgIpc) is 3.02. The fourth-order valence-electron chi connectivity index (χ4n) is 5.44. The van der Waals surface area contributed by atoms with Gasteiger partial charge in [-0.15, -0.1) is 0 Å². The van der Waals surface area contributed by atoms with E-state index in [-0.39, 0.29) is 19.0 Å². The van der Waals surface area contributed by atoms with E-state index in [0.717, 1.165) is 51.4 Å². The summed E-state index contributed by atoms with van der Waals surface area (Å²) in [5.41, 5.74) is 5.07. The molecule has 46 heavy (non-hydrogen) atoms. The lowest BCUT2D eigenvalue weighted by Gasteiger charge is -2.18. The Hall–Kier alpha value is -1.21. The maximum absolute atomic E-state index is 12.4. The summed E-state index contributed by atoms with van der Waals surface area (Å²) in [4.78, 5) is 33.9. The second-order valence-corrected chi connectivity index (χ2v) is 14.4. The highest BCUT2D eigenvalue weighted by Crippen LogP contribution is 2.31. The van der Waals surface area contributed by atoms with Gasteiger partial charge in [0, 0.05) is 12.8 Å². The smallest absolute Gasteiger partial charge is 0.400 e. The van der Waals surface area contributed by atoms with Crippen molar-refractivity contribution in [3.8, 4) is 0 Å². The van der Waals surface area contributed by atoms with E-state index in [2.05, 4.69) is 26.0 Å². The van der Waals surface area contributed by atoms with E-state index in [1.54, 1.807) is 0 Å².